The van der Waals surface area contributed by atoms with E-state index in [9.17, 15) is 0 Å². The molecular formula is C14H22ClN2O2+. The van der Waals surface area contributed by atoms with Crippen molar-refractivity contribution in [1.29, 1.82) is 0 Å². The minimum atomic E-state index is 0.0803. The molecule has 0 spiro atoms. The predicted octanol–water partition coefficient (Wildman–Crippen LogP) is 2.22. The first-order valence-electron chi connectivity index (χ1n) is 6.25. The van der Waals surface area contributed by atoms with E-state index < -0.39 is 0 Å². The summed E-state index contributed by atoms with van der Waals surface area (Å²) in [5.41, 5.74) is 1.73. The monoisotopic (exact) mass is 285 g/mol. The standard InChI is InChI=1S/C14H21ClN2O2/c1-10-5-6-12(15)13(7-10)19-9-11(17-18)8-16-14(2,3)4/h5-7,16,18H,8-9H2,1-4H3/p+1/b17-11-. The van der Waals surface area contributed by atoms with Gasteiger partial charge in [0.05, 0.1) is 10.6 Å². The largest absolute Gasteiger partial charge is 0.486 e. The number of ether oxygens (including phenoxy) is 1. The van der Waals surface area contributed by atoms with Crippen LogP contribution in [-0.4, -0.2) is 29.6 Å². The number of benzene rings is 1. The number of nitrogens with zero attached hydrogens (tertiary/aromatic N) is 1. The fourth-order valence-electron chi connectivity index (χ4n) is 1.43. The first-order valence-corrected chi connectivity index (χ1v) is 6.63. The Morgan fingerprint density at radius 2 is 2.11 bits per heavy atom. The molecule has 106 valence electrons. The summed E-state index contributed by atoms with van der Waals surface area (Å²) in [6.07, 6.45) is 0. The summed E-state index contributed by atoms with van der Waals surface area (Å²) in [5, 5.41) is 14.9. The molecular weight excluding hydrogens is 264 g/mol. The molecule has 0 atom stereocenters. The van der Waals surface area contributed by atoms with Gasteiger partial charge in [0.15, 0.2) is 0 Å². The molecule has 1 rings (SSSR count). The fraction of sp³-hybridized carbons (Fsp3) is 0.500. The van der Waals surface area contributed by atoms with Crippen molar-refractivity contribution >= 4 is 17.3 Å². The van der Waals surface area contributed by atoms with Crippen molar-refractivity contribution in [2.75, 3.05) is 13.2 Å². The average molecular weight is 286 g/mol. The second-order valence-corrected chi connectivity index (χ2v) is 6.07. The predicted molar refractivity (Wildman–Crippen MR) is 77.5 cm³/mol. The van der Waals surface area contributed by atoms with Crippen molar-refractivity contribution in [3.05, 3.63) is 28.8 Å². The van der Waals surface area contributed by atoms with E-state index in [-0.39, 0.29) is 12.1 Å². The fourth-order valence-corrected chi connectivity index (χ4v) is 1.61. The zero-order chi connectivity index (χ0) is 14.5. The summed E-state index contributed by atoms with van der Waals surface area (Å²) in [6, 6.07) is 5.58. The first-order chi connectivity index (χ1) is 8.81. The van der Waals surface area contributed by atoms with E-state index in [0.717, 1.165) is 5.56 Å². The van der Waals surface area contributed by atoms with Crippen LogP contribution in [0.15, 0.2) is 23.4 Å². The lowest BCUT2D eigenvalue weighted by Gasteiger charge is -2.17. The van der Waals surface area contributed by atoms with Crippen LogP contribution in [-0.2, 0) is 0 Å². The van der Waals surface area contributed by atoms with Crippen LogP contribution in [0.3, 0.4) is 0 Å². The smallest absolute Gasteiger partial charge is 0.148 e. The van der Waals surface area contributed by atoms with E-state index in [1.54, 1.807) is 6.07 Å². The Balaban J connectivity index is 2.56. The number of rotatable bonds is 5. The summed E-state index contributed by atoms with van der Waals surface area (Å²) >= 11 is 6.04. The Bertz CT molecular complexity index is 453. The Kier molecular flexibility index (Phi) is 5.63. The van der Waals surface area contributed by atoms with Crippen LogP contribution in [0.1, 0.15) is 26.3 Å². The lowest BCUT2D eigenvalue weighted by Crippen LogP contribution is -2.95. The minimum Gasteiger partial charge on any atom is -0.486 e. The molecule has 0 bridgehead atoms. The molecule has 0 aliphatic carbocycles. The number of hydrogen-bond acceptors (Lipinski definition) is 3. The van der Waals surface area contributed by atoms with Crippen molar-refractivity contribution < 1.29 is 15.3 Å². The van der Waals surface area contributed by atoms with Crippen LogP contribution in [0.2, 0.25) is 5.02 Å². The molecule has 5 heteroatoms. The molecule has 0 aromatic heterocycles. The third kappa shape index (κ3) is 5.94. The van der Waals surface area contributed by atoms with Gasteiger partial charge in [-0.1, -0.05) is 22.8 Å². The first kappa shape index (κ1) is 15.8. The molecule has 4 nitrogen and oxygen atoms in total. The molecule has 0 aliphatic heterocycles. The molecule has 0 heterocycles. The molecule has 0 amide bonds. The maximum absolute atomic E-state index is 8.98. The Morgan fingerprint density at radius 1 is 1.42 bits per heavy atom. The summed E-state index contributed by atoms with van der Waals surface area (Å²) in [4.78, 5) is 0. The van der Waals surface area contributed by atoms with Gasteiger partial charge in [-0.05, 0) is 45.4 Å². The van der Waals surface area contributed by atoms with Gasteiger partial charge in [0, 0.05) is 0 Å². The molecule has 0 saturated heterocycles. The molecule has 19 heavy (non-hydrogen) atoms. The highest BCUT2D eigenvalue weighted by molar-refractivity contribution is 6.32. The zero-order valence-electron chi connectivity index (χ0n) is 11.9. The second kappa shape index (κ2) is 6.78. The van der Waals surface area contributed by atoms with Gasteiger partial charge < -0.3 is 15.3 Å². The van der Waals surface area contributed by atoms with E-state index in [2.05, 4.69) is 31.2 Å². The maximum Gasteiger partial charge on any atom is 0.148 e. The SMILES string of the molecule is Cc1ccc(Cl)c(OC/C(C[NH2+]C(C)(C)C)=N\O)c1. The highest BCUT2D eigenvalue weighted by atomic mass is 35.5. The van der Waals surface area contributed by atoms with Gasteiger partial charge in [-0.3, -0.25) is 0 Å². The lowest BCUT2D eigenvalue weighted by atomic mass is 10.1. The van der Waals surface area contributed by atoms with E-state index in [1.165, 1.54) is 0 Å². The second-order valence-electron chi connectivity index (χ2n) is 5.66. The number of hydrogen-bond donors (Lipinski definition) is 2. The molecule has 0 aliphatic rings. The van der Waals surface area contributed by atoms with Crippen molar-refractivity contribution in [3.63, 3.8) is 0 Å². The van der Waals surface area contributed by atoms with Gasteiger partial charge in [-0.2, -0.15) is 0 Å². The Hall–Kier alpha value is -1.26. The number of nitrogens with two attached hydrogens (primary N) is 1. The van der Waals surface area contributed by atoms with Crippen molar-refractivity contribution in [2.45, 2.75) is 33.2 Å². The minimum absolute atomic E-state index is 0.0803. The van der Waals surface area contributed by atoms with Crippen LogP contribution >= 0.6 is 11.6 Å². The van der Waals surface area contributed by atoms with Gasteiger partial charge in [0.2, 0.25) is 0 Å². The number of halogens is 1. The highest BCUT2D eigenvalue weighted by Gasteiger charge is 2.15. The summed E-state index contributed by atoms with van der Waals surface area (Å²) < 4.78 is 5.59. The molecule has 1 aromatic carbocycles. The molecule has 3 N–H and O–H groups in total. The maximum atomic E-state index is 8.98. The number of quaternary nitrogens is 1. The third-order valence-corrected chi connectivity index (χ3v) is 2.88. The topological polar surface area (TPSA) is 58.4 Å². The van der Waals surface area contributed by atoms with Crippen LogP contribution in [0.4, 0.5) is 0 Å². The number of aryl methyl sites for hydroxylation is 1. The Labute approximate surface area is 119 Å². The van der Waals surface area contributed by atoms with Gasteiger partial charge in [0.25, 0.3) is 0 Å². The number of oxime groups is 1. The van der Waals surface area contributed by atoms with E-state index in [4.69, 9.17) is 21.5 Å². The molecule has 0 unspecified atom stereocenters. The van der Waals surface area contributed by atoms with Gasteiger partial charge in [0.1, 0.15) is 24.6 Å². The summed E-state index contributed by atoms with van der Waals surface area (Å²) in [7, 11) is 0. The van der Waals surface area contributed by atoms with Crippen molar-refractivity contribution in [2.24, 2.45) is 5.16 Å². The molecule has 0 saturated carbocycles. The lowest BCUT2D eigenvalue weighted by molar-refractivity contribution is -0.705. The van der Waals surface area contributed by atoms with Crippen LogP contribution in [0.25, 0.3) is 0 Å². The van der Waals surface area contributed by atoms with E-state index in [1.807, 2.05) is 19.1 Å². The normalized spacial score (nSPS) is 12.6. The summed E-state index contributed by atoms with van der Waals surface area (Å²) in [5.74, 6) is 0.610. The van der Waals surface area contributed by atoms with E-state index in [0.29, 0.717) is 23.0 Å². The summed E-state index contributed by atoms with van der Waals surface area (Å²) in [6.45, 7) is 9.08. The molecule has 0 radical (unpaired) electrons. The molecule has 0 fully saturated rings. The van der Waals surface area contributed by atoms with Crippen LogP contribution in [0, 0.1) is 6.92 Å². The van der Waals surface area contributed by atoms with Gasteiger partial charge in [-0.25, -0.2) is 0 Å². The van der Waals surface area contributed by atoms with Gasteiger partial charge in [-0.15, -0.1) is 0 Å². The van der Waals surface area contributed by atoms with Gasteiger partial charge >= 0.3 is 0 Å². The average Bonchev–Trinajstić information content (AvgIpc) is 2.32. The highest BCUT2D eigenvalue weighted by Crippen LogP contribution is 2.25. The van der Waals surface area contributed by atoms with Crippen LogP contribution in [0.5, 0.6) is 5.75 Å². The Morgan fingerprint density at radius 3 is 2.68 bits per heavy atom. The molecule has 1 aromatic rings. The third-order valence-electron chi connectivity index (χ3n) is 2.57. The van der Waals surface area contributed by atoms with E-state index >= 15 is 0 Å². The quantitative estimate of drug-likeness (QED) is 0.495. The van der Waals surface area contributed by atoms with Crippen molar-refractivity contribution in [1.82, 2.24) is 0 Å². The van der Waals surface area contributed by atoms with Crippen molar-refractivity contribution in [3.8, 4) is 5.75 Å². The zero-order valence-corrected chi connectivity index (χ0v) is 12.7. The van der Waals surface area contributed by atoms with Crippen LogP contribution < -0.4 is 10.1 Å².